The maximum absolute atomic E-state index is 12.4. The van der Waals surface area contributed by atoms with Gasteiger partial charge in [-0.1, -0.05) is 41.7 Å². The third kappa shape index (κ3) is 4.25. The van der Waals surface area contributed by atoms with Gasteiger partial charge in [0.1, 0.15) is 5.01 Å². The predicted octanol–water partition coefficient (Wildman–Crippen LogP) is 1.56. The molecular formula is C19H20N6O2S. The van der Waals surface area contributed by atoms with E-state index in [1.165, 1.54) is 11.3 Å². The standard InChI is InChI=1S/C19H20N6O2S/c26-17-9-14(18(27)21-7-6-15-10-20-12-22-15)11-25(17)19-24-23-16(28-19)8-13-4-2-1-3-5-13/h1-5,10,12,14H,6-9,11H2,(H,20,22)(H,21,27). The van der Waals surface area contributed by atoms with E-state index >= 15 is 0 Å². The molecule has 0 spiro atoms. The van der Waals surface area contributed by atoms with Crippen LogP contribution in [0.2, 0.25) is 0 Å². The van der Waals surface area contributed by atoms with E-state index in [9.17, 15) is 9.59 Å². The van der Waals surface area contributed by atoms with Crippen molar-refractivity contribution in [1.82, 2.24) is 25.5 Å². The van der Waals surface area contributed by atoms with E-state index in [-0.39, 0.29) is 24.2 Å². The van der Waals surface area contributed by atoms with Gasteiger partial charge in [0, 0.05) is 44.2 Å². The first-order valence-electron chi connectivity index (χ1n) is 9.10. The molecule has 1 aromatic carbocycles. The first-order chi connectivity index (χ1) is 13.7. The molecule has 28 heavy (non-hydrogen) atoms. The first kappa shape index (κ1) is 18.3. The van der Waals surface area contributed by atoms with Crippen molar-refractivity contribution in [3.05, 3.63) is 59.1 Å². The van der Waals surface area contributed by atoms with Crippen LogP contribution >= 0.6 is 11.3 Å². The van der Waals surface area contributed by atoms with Crippen LogP contribution in [0.4, 0.5) is 5.13 Å². The van der Waals surface area contributed by atoms with Gasteiger partial charge in [0.25, 0.3) is 0 Å². The molecule has 1 unspecified atom stereocenters. The largest absolute Gasteiger partial charge is 0.355 e. The Morgan fingerprint density at radius 3 is 2.93 bits per heavy atom. The van der Waals surface area contributed by atoms with Crippen LogP contribution in [0.1, 0.15) is 22.7 Å². The number of nitrogens with one attached hydrogen (secondary N) is 2. The van der Waals surface area contributed by atoms with Crippen molar-refractivity contribution in [2.24, 2.45) is 5.92 Å². The molecule has 1 aliphatic rings. The first-order valence-corrected chi connectivity index (χ1v) is 9.92. The smallest absolute Gasteiger partial charge is 0.229 e. The SMILES string of the molecule is O=C(NCCc1cnc[nH]1)C1CC(=O)N(c2nnc(Cc3ccccc3)s2)C1. The lowest BCUT2D eigenvalue weighted by Crippen LogP contribution is -2.34. The number of anilines is 1. The molecule has 2 amide bonds. The van der Waals surface area contributed by atoms with Crippen molar-refractivity contribution < 1.29 is 9.59 Å². The summed E-state index contributed by atoms with van der Waals surface area (Å²) in [5, 5.41) is 12.7. The summed E-state index contributed by atoms with van der Waals surface area (Å²) in [4.78, 5) is 33.3. The highest BCUT2D eigenvalue weighted by Crippen LogP contribution is 2.28. The van der Waals surface area contributed by atoms with Crippen molar-refractivity contribution >= 4 is 28.3 Å². The summed E-state index contributed by atoms with van der Waals surface area (Å²) < 4.78 is 0. The Balaban J connectivity index is 1.32. The maximum Gasteiger partial charge on any atom is 0.229 e. The number of H-pyrrole nitrogens is 1. The minimum absolute atomic E-state index is 0.0869. The van der Waals surface area contributed by atoms with E-state index in [4.69, 9.17) is 0 Å². The zero-order valence-electron chi connectivity index (χ0n) is 15.2. The van der Waals surface area contributed by atoms with E-state index in [1.54, 1.807) is 17.4 Å². The third-order valence-corrected chi connectivity index (χ3v) is 5.58. The molecule has 2 aromatic heterocycles. The van der Waals surface area contributed by atoms with Gasteiger partial charge in [-0.2, -0.15) is 0 Å². The minimum Gasteiger partial charge on any atom is -0.355 e. The van der Waals surface area contributed by atoms with Gasteiger partial charge in [-0.25, -0.2) is 4.98 Å². The van der Waals surface area contributed by atoms with Gasteiger partial charge < -0.3 is 10.3 Å². The van der Waals surface area contributed by atoms with Crippen LogP contribution < -0.4 is 10.2 Å². The third-order valence-electron chi connectivity index (χ3n) is 4.63. The van der Waals surface area contributed by atoms with Gasteiger partial charge in [0.15, 0.2) is 0 Å². The summed E-state index contributed by atoms with van der Waals surface area (Å²) in [5.41, 5.74) is 2.11. The van der Waals surface area contributed by atoms with Gasteiger partial charge in [-0.3, -0.25) is 14.5 Å². The monoisotopic (exact) mass is 396 g/mol. The molecule has 1 aliphatic heterocycles. The Morgan fingerprint density at radius 1 is 1.29 bits per heavy atom. The highest BCUT2D eigenvalue weighted by molar-refractivity contribution is 7.15. The van der Waals surface area contributed by atoms with Crippen molar-refractivity contribution in [1.29, 1.82) is 0 Å². The number of benzene rings is 1. The van der Waals surface area contributed by atoms with Gasteiger partial charge in [-0.15, -0.1) is 10.2 Å². The average Bonchev–Trinajstić information content (AvgIpc) is 3.44. The number of carbonyl (C=O) groups is 2. The lowest BCUT2D eigenvalue weighted by Gasteiger charge is -2.12. The van der Waals surface area contributed by atoms with E-state index in [1.807, 2.05) is 30.3 Å². The molecule has 9 heteroatoms. The van der Waals surface area contributed by atoms with Crippen LogP contribution in [-0.2, 0) is 22.4 Å². The molecule has 0 radical (unpaired) electrons. The molecular weight excluding hydrogens is 376 g/mol. The summed E-state index contributed by atoms with van der Waals surface area (Å²) in [6, 6.07) is 10.0. The fourth-order valence-corrected chi connectivity index (χ4v) is 4.05. The van der Waals surface area contributed by atoms with E-state index in [0.717, 1.165) is 16.3 Å². The van der Waals surface area contributed by atoms with E-state index in [2.05, 4.69) is 25.5 Å². The summed E-state index contributed by atoms with van der Waals surface area (Å²) >= 11 is 1.40. The van der Waals surface area contributed by atoms with Crippen molar-refractivity contribution in [2.45, 2.75) is 19.3 Å². The van der Waals surface area contributed by atoms with E-state index < -0.39 is 0 Å². The maximum atomic E-state index is 12.4. The zero-order valence-corrected chi connectivity index (χ0v) is 16.0. The minimum atomic E-state index is -0.365. The van der Waals surface area contributed by atoms with E-state index in [0.29, 0.717) is 31.1 Å². The Morgan fingerprint density at radius 2 is 2.14 bits per heavy atom. The molecule has 0 aliphatic carbocycles. The fourth-order valence-electron chi connectivity index (χ4n) is 3.15. The summed E-state index contributed by atoms with van der Waals surface area (Å²) in [7, 11) is 0. The number of aromatic nitrogens is 4. The second-order valence-electron chi connectivity index (χ2n) is 6.66. The number of rotatable bonds is 7. The zero-order chi connectivity index (χ0) is 19.3. The Hall–Kier alpha value is -3.07. The van der Waals surface area contributed by atoms with Crippen LogP contribution in [0.15, 0.2) is 42.9 Å². The summed E-state index contributed by atoms with van der Waals surface area (Å²) in [6.45, 7) is 0.848. The van der Waals surface area contributed by atoms with Crippen LogP contribution in [0.3, 0.4) is 0 Å². The van der Waals surface area contributed by atoms with Gasteiger partial charge in [0.2, 0.25) is 16.9 Å². The molecule has 144 valence electrons. The number of hydrogen-bond acceptors (Lipinski definition) is 6. The Bertz CT molecular complexity index is 941. The second kappa shape index (κ2) is 8.30. The van der Waals surface area contributed by atoms with Gasteiger partial charge >= 0.3 is 0 Å². The van der Waals surface area contributed by atoms with Crippen LogP contribution in [0.5, 0.6) is 0 Å². The molecule has 0 saturated carbocycles. The topological polar surface area (TPSA) is 104 Å². The number of nitrogens with zero attached hydrogens (tertiary/aromatic N) is 4. The normalized spacial score (nSPS) is 16.5. The number of aromatic amines is 1. The molecule has 1 saturated heterocycles. The molecule has 1 atom stereocenters. The van der Waals surface area contributed by atoms with Gasteiger partial charge in [0.05, 0.1) is 12.2 Å². The lowest BCUT2D eigenvalue weighted by molar-refractivity contribution is -0.126. The van der Waals surface area contributed by atoms with Crippen molar-refractivity contribution in [2.75, 3.05) is 18.0 Å². The quantitative estimate of drug-likeness (QED) is 0.631. The van der Waals surface area contributed by atoms with Crippen molar-refractivity contribution in [3.8, 4) is 0 Å². The Kier molecular flexibility index (Phi) is 5.43. The lowest BCUT2D eigenvalue weighted by atomic mass is 10.1. The second-order valence-corrected chi connectivity index (χ2v) is 7.70. The average molecular weight is 396 g/mol. The van der Waals surface area contributed by atoms with Crippen LogP contribution in [-0.4, -0.2) is 45.1 Å². The number of carbonyl (C=O) groups excluding carboxylic acids is 2. The molecule has 3 aromatic rings. The number of hydrogen-bond donors (Lipinski definition) is 2. The molecule has 8 nitrogen and oxygen atoms in total. The summed E-state index contributed by atoms with van der Waals surface area (Å²) in [5.74, 6) is -0.559. The molecule has 3 heterocycles. The molecule has 1 fully saturated rings. The molecule has 2 N–H and O–H groups in total. The van der Waals surface area contributed by atoms with Crippen LogP contribution in [0.25, 0.3) is 0 Å². The fraction of sp³-hybridized carbons (Fsp3) is 0.316. The summed E-state index contributed by atoms with van der Waals surface area (Å²) in [6.07, 6.45) is 4.89. The number of amides is 2. The van der Waals surface area contributed by atoms with Gasteiger partial charge in [-0.05, 0) is 5.56 Å². The highest BCUT2D eigenvalue weighted by atomic mass is 32.1. The van der Waals surface area contributed by atoms with Crippen molar-refractivity contribution in [3.63, 3.8) is 0 Å². The van der Waals surface area contributed by atoms with Crippen LogP contribution in [0, 0.1) is 5.92 Å². The number of imidazole rings is 1. The predicted molar refractivity (Wildman–Crippen MR) is 105 cm³/mol. The molecule has 0 bridgehead atoms. The Labute approximate surface area is 166 Å². The molecule has 4 rings (SSSR count). The highest BCUT2D eigenvalue weighted by Gasteiger charge is 2.36.